The highest BCUT2D eigenvalue weighted by molar-refractivity contribution is 5.44. The molecule has 0 spiro atoms. The first-order chi connectivity index (χ1) is 7.61. The lowest BCUT2D eigenvalue weighted by Crippen LogP contribution is -2.35. The molecule has 0 amide bonds. The highest BCUT2D eigenvalue weighted by atomic mass is 15.0. The van der Waals surface area contributed by atoms with Crippen molar-refractivity contribution in [3.05, 3.63) is 23.9 Å². The summed E-state index contributed by atoms with van der Waals surface area (Å²) in [7, 11) is 0. The van der Waals surface area contributed by atoms with Crippen LogP contribution >= 0.6 is 0 Å². The SMILES string of the molecule is CCCC(C)(CCC)Nc1ncccc1C. The van der Waals surface area contributed by atoms with Gasteiger partial charge in [-0.05, 0) is 38.3 Å². The highest BCUT2D eigenvalue weighted by Gasteiger charge is 2.22. The minimum absolute atomic E-state index is 0.183. The third-order valence-electron chi connectivity index (χ3n) is 3.03. The zero-order valence-corrected chi connectivity index (χ0v) is 11.0. The molecule has 1 heterocycles. The van der Waals surface area contributed by atoms with E-state index in [0.717, 1.165) is 5.82 Å². The number of pyridine rings is 1. The van der Waals surface area contributed by atoms with Gasteiger partial charge >= 0.3 is 0 Å². The fourth-order valence-corrected chi connectivity index (χ4v) is 2.26. The van der Waals surface area contributed by atoms with Crippen molar-refractivity contribution in [1.29, 1.82) is 0 Å². The van der Waals surface area contributed by atoms with Crippen LogP contribution in [0.5, 0.6) is 0 Å². The molecule has 1 aromatic rings. The summed E-state index contributed by atoms with van der Waals surface area (Å²) >= 11 is 0. The molecule has 0 saturated carbocycles. The van der Waals surface area contributed by atoms with Crippen molar-refractivity contribution in [3.8, 4) is 0 Å². The normalized spacial score (nSPS) is 11.5. The molecule has 0 aliphatic heterocycles. The Labute approximate surface area is 99.5 Å². The van der Waals surface area contributed by atoms with Gasteiger partial charge in [0.2, 0.25) is 0 Å². The van der Waals surface area contributed by atoms with Crippen LogP contribution < -0.4 is 5.32 Å². The van der Waals surface area contributed by atoms with Crippen LogP contribution in [-0.4, -0.2) is 10.5 Å². The molecule has 2 nitrogen and oxygen atoms in total. The molecule has 0 aromatic carbocycles. The van der Waals surface area contributed by atoms with Gasteiger partial charge in [-0.25, -0.2) is 4.98 Å². The minimum atomic E-state index is 0.183. The molecule has 1 rings (SSSR count). The Bertz CT molecular complexity index is 314. The summed E-state index contributed by atoms with van der Waals surface area (Å²) in [6.45, 7) is 8.88. The van der Waals surface area contributed by atoms with E-state index in [1.165, 1.54) is 31.2 Å². The molecule has 0 fully saturated rings. The van der Waals surface area contributed by atoms with Crippen molar-refractivity contribution in [2.24, 2.45) is 0 Å². The molecule has 0 aliphatic carbocycles. The summed E-state index contributed by atoms with van der Waals surface area (Å²) in [6, 6.07) is 4.09. The van der Waals surface area contributed by atoms with Crippen LogP contribution in [0.4, 0.5) is 5.82 Å². The van der Waals surface area contributed by atoms with Gasteiger partial charge in [0.25, 0.3) is 0 Å². The number of aromatic nitrogens is 1. The lowest BCUT2D eigenvalue weighted by Gasteiger charge is -2.31. The van der Waals surface area contributed by atoms with E-state index in [9.17, 15) is 0 Å². The number of hydrogen-bond donors (Lipinski definition) is 1. The van der Waals surface area contributed by atoms with E-state index in [1.54, 1.807) is 0 Å². The van der Waals surface area contributed by atoms with Crippen molar-refractivity contribution < 1.29 is 0 Å². The molecule has 2 heteroatoms. The molecular weight excluding hydrogens is 196 g/mol. The van der Waals surface area contributed by atoms with Gasteiger partial charge < -0.3 is 5.32 Å². The smallest absolute Gasteiger partial charge is 0.129 e. The van der Waals surface area contributed by atoms with Crippen LogP contribution in [0.3, 0.4) is 0 Å². The van der Waals surface area contributed by atoms with Gasteiger partial charge in [0.15, 0.2) is 0 Å². The molecular formula is C14H24N2. The predicted molar refractivity (Wildman–Crippen MR) is 70.8 cm³/mol. The number of nitrogens with zero attached hydrogens (tertiary/aromatic N) is 1. The molecule has 90 valence electrons. The van der Waals surface area contributed by atoms with Crippen LogP contribution in [0.2, 0.25) is 0 Å². The quantitative estimate of drug-likeness (QED) is 0.778. The lowest BCUT2D eigenvalue weighted by molar-refractivity contribution is 0.426. The average Bonchev–Trinajstić information content (AvgIpc) is 2.22. The monoisotopic (exact) mass is 220 g/mol. The summed E-state index contributed by atoms with van der Waals surface area (Å²) < 4.78 is 0. The number of hydrogen-bond acceptors (Lipinski definition) is 2. The van der Waals surface area contributed by atoms with E-state index in [2.05, 4.69) is 44.1 Å². The van der Waals surface area contributed by atoms with E-state index in [4.69, 9.17) is 0 Å². The molecule has 0 unspecified atom stereocenters. The van der Waals surface area contributed by atoms with Crippen LogP contribution in [-0.2, 0) is 0 Å². The Morgan fingerprint density at radius 1 is 1.25 bits per heavy atom. The third kappa shape index (κ3) is 3.51. The first-order valence-corrected chi connectivity index (χ1v) is 6.31. The van der Waals surface area contributed by atoms with Gasteiger partial charge in [-0.1, -0.05) is 32.8 Å². The highest BCUT2D eigenvalue weighted by Crippen LogP contribution is 2.25. The maximum atomic E-state index is 4.42. The Balaban J connectivity index is 2.79. The Morgan fingerprint density at radius 3 is 2.38 bits per heavy atom. The Hall–Kier alpha value is -1.05. The summed E-state index contributed by atoms with van der Waals surface area (Å²) in [5.74, 6) is 1.03. The van der Waals surface area contributed by atoms with Gasteiger partial charge in [-0.15, -0.1) is 0 Å². The van der Waals surface area contributed by atoms with E-state index in [-0.39, 0.29) is 5.54 Å². The van der Waals surface area contributed by atoms with Crippen molar-refractivity contribution in [2.45, 2.75) is 58.9 Å². The largest absolute Gasteiger partial charge is 0.365 e. The van der Waals surface area contributed by atoms with Crippen LogP contribution in [0.15, 0.2) is 18.3 Å². The number of aryl methyl sites for hydroxylation is 1. The van der Waals surface area contributed by atoms with E-state index < -0.39 is 0 Å². The third-order valence-corrected chi connectivity index (χ3v) is 3.03. The van der Waals surface area contributed by atoms with Gasteiger partial charge in [0, 0.05) is 11.7 Å². The Kier molecular flexibility index (Phi) is 4.78. The second-order valence-electron chi connectivity index (χ2n) is 4.85. The van der Waals surface area contributed by atoms with Gasteiger partial charge in [0.1, 0.15) is 5.82 Å². The molecule has 0 radical (unpaired) electrons. The molecule has 0 saturated heterocycles. The van der Waals surface area contributed by atoms with Crippen LogP contribution in [0.1, 0.15) is 52.0 Å². The molecule has 0 atom stereocenters. The molecule has 1 N–H and O–H groups in total. The zero-order chi connectivity index (χ0) is 12.0. The van der Waals surface area contributed by atoms with Crippen molar-refractivity contribution in [1.82, 2.24) is 4.98 Å². The van der Waals surface area contributed by atoms with E-state index in [1.807, 2.05) is 12.3 Å². The van der Waals surface area contributed by atoms with Crippen molar-refractivity contribution >= 4 is 5.82 Å². The second kappa shape index (κ2) is 5.88. The average molecular weight is 220 g/mol. The maximum absolute atomic E-state index is 4.42. The minimum Gasteiger partial charge on any atom is -0.365 e. The number of nitrogens with one attached hydrogen (secondary N) is 1. The first kappa shape index (κ1) is 13.0. The zero-order valence-electron chi connectivity index (χ0n) is 11.0. The van der Waals surface area contributed by atoms with E-state index in [0.29, 0.717) is 0 Å². The van der Waals surface area contributed by atoms with Gasteiger partial charge in [-0.2, -0.15) is 0 Å². The molecule has 16 heavy (non-hydrogen) atoms. The first-order valence-electron chi connectivity index (χ1n) is 6.31. The van der Waals surface area contributed by atoms with Crippen molar-refractivity contribution in [2.75, 3.05) is 5.32 Å². The van der Waals surface area contributed by atoms with Crippen molar-refractivity contribution in [3.63, 3.8) is 0 Å². The maximum Gasteiger partial charge on any atom is 0.129 e. The van der Waals surface area contributed by atoms with Crippen LogP contribution in [0, 0.1) is 6.92 Å². The fraction of sp³-hybridized carbons (Fsp3) is 0.643. The lowest BCUT2D eigenvalue weighted by atomic mass is 9.90. The predicted octanol–water partition coefficient (Wildman–Crippen LogP) is 4.16. The summed E-state index contributed by atoms with van der Waals surface area (Å²) in [4.78, 5) is 4.42. The second-order valence-corrected chi connectivity index (χ2v) is 4.85. The topological polar surface area (TPSA) is 24.9 Å². The van der Waals surface area contributed by atoms with Crippen LogP contribution in [0.25, 0.3) is 0 Å². The Morgan fingerprint density at radius 2 is 1.88 bits per heavy atom. The molecule has 0 bridgehead atoms. The number of anilines is 1. The summed E-state index contributed by atoms with van der Waals surface area (Å²) in [5.41, 5.74) is 1.41. The van der Waals surface area contributed by atoms with E-state index >= 15 is 0 Å². The standard InChI is InChI=1S/C14H24N2/c1-5-9-14(4,10-6-2)16-13-12(3)8-7-11-15-13/h7-8,11H,5-6,9-10H2,1-4H3,(H,15,16). The number of rotatable bonds is 6. The summed E-state index contributed by atoms with van der Waals surface area (Å²) in [5, 5.41) is 3.61. The van der Waals surface area contributed by atoms with Gasteiger partial charge in [-0.3, -0.25) is 0 Å². The summed E-state index contributed by atoms with van der Waals surface area (Å²) in [6.07, 6.45) is 6.64. The molecule has 1 aromatic heterocycles. The molecule has 0 aliphatic rings. The van der Waals surface area contributed by atoms with Gasteiger partial charge in [0.05, 0.1) is 0 Å². The fourth-order valence-electron chi connectivity index (χ4n) is 2.26.